The fourth-order valence-electron chi connectivity index (χ4n) is 1.90. The minimum atomic E-state index is -0.237. The first kappa shape index (κ1) is 13.2. The van der Waals surface area contributed by atoms with Crippen LogP contribution in [0.1, 0.15) is 45.4 Å². The quantitative estimate of drug-likeness (QED) is 0.435. The third-order valence-corrected chi connectivity index (χ3v) is 3.03. The van der Waals surface area contributed by atoms with E-state index in [-0.39, 0.29) is 5.60 Å². The maximum Gasteiger partial charge on any atom is 0.108 e. The minimum absolute atomic E-state index is 0.237. The van der Waals surface area contributed by atoms with Crippen LogP contribution >= 0.6 is 0 Å². The molecule has 0 aliphatic heterocycles. The van der Waals surface area contributed by atoms with Gasteiger partial charge in [0.25, 0.3) is 0 Å². The Labute approximate surface area is 99.9 Å². The molecule has 0 saturated carbocycles. The van der Waals surface area contributed by atoms with Gasteiger partial charge >= 0.3 is 0 Å². The fourth-order valence-corrected chi connectivity index (χ4v) is 1.90. The van der Waals surface area contributed by atoms with Crippen LogP contribution in [-0.4, -0.2) is 12.2 Å². The van der Waals surface area contributed by atoms with Crippen molar-refractivity contribution in [2.75, 3.05) is 6.61 Å². The lowest BCUT2D eigenvalue weighted by atomic mass is 9.95. The van der Waals surface area contributed by atoms with Gasteiger partial charge in [-0.3, -0.25) is 0 Å². The molecule has 0 saturated heterocycles. The summed E-state index contributed by atoms with van der Waals surface area (Å²) in [5, 5.41) is 0. The highest BCUT2D eigenvalue weighted by Gasteiger charge is 2.23. The zero-order valence-corrected chi connectivity index (χ0v) is 10.5. The van der Waals surface area contributed by atoms with Gasteiger partial charge in [0, 0.05) is 13.0 Å². The first-order chi connectivity index (χ1) is 7.83. The van der Waals surface area contributed by atoms with E-state index < -0.39 is 0 Å². The highest BCUT2D eigenvalue weighted by Crippen LogP contribution is 2.24. The normalized spacial score (nSPS) is 23.6. The Bertz CT molecular complexity index is 252. The van der Waals surface area contributed by atoms with Crippen LogP contribution < -0.4 is 0 Å². The highest BCUT2D eigenvalue weighted by atomic mass is 16.5. The summed E-state index contributed by atoms with van der Waals surface area (Å²) in [6.07, 6.45) is 17.6. The van der Waals surface area contributed by atoms with Gasteiger partial charge < -0.3 is 4.74 Å². The van der Waals surface area contributed by atoms with E-state index in [2.05, 4.69) is 31.7 Å². The van der Waals surface area contributed by atoms with Gasteiger partial charge in [-0.25, -0.2) is 0 Å². The first-order valence-electron chi connectivity index (χ1n) is 6.45. The van der Waals surface area contributed by atoms with Crippen LogP contribution in [0, 0.1) is 0 Å². The van der Waals surface area contributed by atoms with E-state index in [0.29, 0.717) is 0 Å². The van der Waals surface area contributed by atoms with E-state index in [1.54, 1.807) is 0 Å². The van der Waals surface area contributed by atoms with Gasteiger partial charge in [0.15, 0.2) is 0 Å². The Balaban J connectivity index is 2.17. The maximum absolute atomic E-state index is 5.94. The van der Waals surface area contributed by atoms with Crippen LogP contribution in [0.2, 0.25) is 0 Å². The van der Waals surface area contributed by atoms with Gasteiger partial charge in [-0.1, -0.05) is 63.5 Å². The number of hydrogen-bond donors (Lipinski definition) is 0. The zero-order valence-electron chi connectivity index (χ0n) is 10.5. The molecule has 0 spiro atoms. The molecule has 1 nitrogen and oxygen atoms in total. The summed E-state index contributed by atoms with van der Waals surface area (Å²) in [6.45, 7) is 6.95. The van der Waals surface area contributed by atoms with Crippen LogP contribution in [0.15, 0.2) is 37.0 Å². The molecule has 1 rings (SSSR count). The van der Waals surface area contributed by atoms with Gasteiger partial charge in [0.1, 0.15) is 5.60 Å². The summed E-state index contributed by atoms with van der Waals surface area (Å²) in [6, 6.07) is 0. The van der Waals surface area contributed by atoms with Crippen molar-refractivity contribution in [1.82, 2.24) is 0 Å². The van der Waals surface area contributed by atoms with Gasteiger partial charge in [-0.05, 0) is 12.5 Å². The molecule has 0 heterocycles. The van der Waals surface area contributed by atoms with Gasteiger partial charge in [0.05, 0.1) is 0 Å². The molecule has 0 aromatic heterocycles. The largest absolute Gasteiger partial charge is 0.366 e. The third-order valence-electron chi connectivity index (χ3n) is 3.03. The van der Waals surface area contributed by atoms with E-state index >= 15 is 0 Å². The summed E-state index contributed by atoms with van der Waals surface area (Å²) < 4.78 is 5.94. The summed E-state index contributed by atoms with van der Waals surface area (Å²) in [5.74, 6) is 0. The molecule has 0 fully saturated rings. The molecule has 0 amide bonds. The number of allylic oxidation sites excluding steroid dienone is 2. The molecule has 1 heteroatoms. The van der Waals surface area contributed by atoms with Crippen molar-refractivity contribution in [3.05, 3.63) is 37.0 Å². The summed E-state index contributed by atoms with van der Waals surface area (Å²) in [5.41, 5.74) is -0.237. The van der Waals surface area contributed by atoms with E-state index in [1.165, 1.54) is 25.7 Å². The molecular formula is C15H24O. The minimum Gasteiger partial charge on any atom is -0.366 e. The smallest absolute Gasteiger partial charge is 0.108 e. The molecule has 1 unspecified atom stereocenters. The van der Waals surface area contributed by atoms with Crippen LogP contribution in [0.25, 0.3) is 0 Å². The van der Waals surface area contributed by atoms with Crippen molar-refractivity contribution >= 4 is 0 Å². The summed E-state index contributed by atoms with van der Waals surface area (Å²) in [7, 11) is 0. The van der Waals surface area contributed by atoms with Crippen molar-refractivity contribution in [3.63, 3.8) is 0 Å². The number of ether oxygens (including phenoxy) is 1. The second-order valence-corrected chi connectivity index (χ2v) is 4.41. The van der Waals surface area contributed by atoms with Gasteiger partial charge in [0.2, 0.25) is 0 Å². The molecule has 0 aromatic rings. The zero-order chi connectivity index (χ0) is 11.7. The van der Waals surface area contributed by atoms with Crippen LogP contribution in [0.5, 0.6) is 0 Å². The number of hydrogen-bond acceptors (Lipinski definition) is 1. The van der Waals surface area contributed by atoms with Crippen LogP contribution in [0.3, 0.4) is 0 Å². The molecular weight excluding hydrogens is 196 g/mol. The third kappa shape index (κ3) is 4.36. The second-order valence-electron chi connectivity index (χ2n) is 4.41. The SMILES string of the molecule is C=CC1(OCCCCCCC)C=CC=CC1. The van der Waals surface area contributed by atoms with E-state index in [0.717, 1.165) is 19.4 Å². The Kier molecular flexibility index (Phi) is 6.17. The lowest BCUT2D eigenvalue weighted by molar-refractivity contribution is 0.0268. The molecule has 0 radical (unpaired) electrons. The van der Waals surface area contributed by atoms with E-state index in [9.17, 15) is 0 Å². The number of rotatable bonds is 8. The molecule has 0 bridgehead atoms. The molecule has 0 aromatic carbocycles. The summed E-state index contributed by atoms with van der Waals surface area (Å²) in [4.78, 5) is 0. The lowest BCUT2D eigenvalue weighted by Crippen LogP contribution is -2.28. The monoisotopic (exact) mass is 220 g/mol. The Hall–Kier alpha value is -0.820. The van der Waals surface area contributed by atoms with Crippen molar-refractivity contribution in [1.29, 1.82) is 0 Å². The topological polar surface area (TPSA) is 9.23 Å². The first-order valence-corrected chi connectivity index (χ1v) is 6.45. The molecule has 0 N–H and O–H groups in total. The van der Waals surface area contributed by atoms with Crippen molar-refractivity contribution < 1.29 is 4.74 Å². The molecule has 1 aliphatic carbocycles. The van der Waals surface area contributed by atoms with Crippen LogP contribution in [0.4, 0.5) is 0 Å². The molecule has 1 aliphatic rings. The number of unbranched alkanes of at least 4 members (excludes halogenated alkanes) is 4. The Morgan fingerprint density at radius 1 is 1.25 bits per heavy atom. The standard InChI is InChI=1S/C15H24O/c1-3-5-6-7-11-14-16-15(4-2)12-9-8-10-13-15/h4,8-10,12H,2-3,5-7,11,13-14H2,1H3. The van der Waals surface area contributed by atoms with Crippen molar-refractivity contribution in [2.45, 2.75) is 51.0 Å². The van der Waals surface area contributed by atoms with E-state index in [1.807, 2.05) is 12.2 Å². The molecule has 90 valence electrons. The van der Waals surface area contributed by atoms with E-state index in [4.69, 9.17) is 4.74 Å². The van der Waals surface area contributed by atoms with Gasteiger partial charge in [-0.15, -0.1) is 0 Å². The fraction of sp³-hybridized carbons (Fsp3) is 0.600. The van der Waals surface area contributed by atoms with Crippen molar-refractivity contribution in [3.8, 4) is 0 Å². The summed E-state index contributed by atoms with van der Waals surface area (Å²) >= 11 is 0. The lowest BCUT2D eigenvalue weighted by Gasteiger charge is -2.28. The Morgan fingerprint density at radius 2 is 2.06 bits per heavy atom. The average Bonchev–Trinajstić information content (AvgIpc) is 2.35. The predicted octanol–water partition coefficient (Wildman–Crippen LogP) is 4.41. The van der Waals surface area contributed by atoms with Gasteiger partial charge in [-0.2, -0.15) is 0 Å². The maximum atomic E-state index is 5.94. The molecule has 16 heavy (non-hydrogen) atoms. The average molecular weight is 220 g/mol. The van der Waals surface area contributed by atoms with Crippen LogP contribution in [-0.2, 0) is 4.74 Å². The highest BCUT2D eigenvalue weighted by molar-refractivity contribution is 5.24. The predicted molar refractivity (Wildman–Crippen MR) is 70.5 cm³/mol. The van der Waals surface area contributed by atoms with Crippen molar-refractivity contribution in [2.24, 2.45) is 0 Å². The molecule has 1 atom stereocenters. The second kappa shape index (κ2) is 7.45. The Morgan fingerprint density at radius 3 is 2.69 bits per heavy atom.